The van der Waals surface area contributed by atoms with Gasteiger partial charge in [0.15, 0.2) is 0 Å². The lowest BCUT2D eigenvalue weighted by molar-refractivity contribution is -0.124. The van der Waals surface area contributed by atoms with E-state index < -0.39 is 0 Å². The van der Waals surface area contributed by atoms with Crippen LogP contribution < -0.4 is 4.90 Å². The molecule has 22 heavy (non-hydrogen) atoms. The molecule has 0 aromatic heterocycles. The van der Waals surface area contributed by atoms with Gasteiger partial charge in [0, 0.05) is 5.39 Å². The molecular weight excluding hydrogens is 278 g/mol. The normalized spacial score (nSPS) is 32.3. The molecule has 4 atom stereocenters. The number of benzene rings is 2. The van der Waals surface area contributed by atoms with Gasteiger partial charge in [0.05, 0.1) is 29.7 Å². The summed E-state index contributed by atoms with van der Waals surface area (Å²) in [6.45, 7) is 0. The number of amides is 2. The van der Waals surface area contributed by atoms with E-state index >= 15 is 0 Å². The van der Waals surface area contributed by atoms with Gasteiger partial charge in [-0.3, -0.25) is 9.59 Å². The fraction of sp³-hybridized carbons (Fsp3) is 0.222. The Kier molecular flexibility index (Phi) is 2.23. The van der Waals surface area contributed by atoms with Crippen molar-refractivity contribution < 1.29 is 14.3 Å². The molecule has 2 aromatic carbocycles. The summed E-state index contributed by atoms with van der Waals surface area (Å²) in [5.74, 6) is -0.991. The van der Waals surface area contributed by atoms with Crippen LogP contribution in [-0.2, 0) is 14.3 Å². The van der Waals surface area contributed by atoms with Crippen LogP contribution in [0.2, 0.25) is 0 Å². The first kappa shape index (κ1) is 12.1. The molecule has 4 nitrogen and oxygen atoms in total. The first-order valence-electron chi connectivity index (χ1n) is 7.45. The van der Waals surface area contributed by atoms with E-state index in [1.54, 1.807) is 0 Å². The van der Waals surface area contributed by atoms with Crippen molar-refractivity contribution in [1.29, 1.82) is 0 Å². The maximum Gasteiger partial charge on any atom is 0.240 e. The van der Waals surface area contributed by atoms with E-state index in [2.05, 4.69) is 0 Å². The number of imide groups is 1. The van der Waals surface area contributed by atoms with Crippen LogP contribution in [0.15, 0.2) is 54.6 Å². The van der Waals surface area contributed by atoms with Gasteiger partial charge < -0.3 is 4.74 Å². The lowest BCUT2D eigenvalue weighted by Gasteiger charge is -2.19. The molecule has 2 saturated heterocycles. The summed E-state index contributed by atoms with van der Waals surface area (Å²) >= 11 is 0. The summed E-state index contributed by atoms with van der Waals surface area (Å²) in [4.78, 5) is 27.0. The van der Waals surface area contributed by atoms with Crippen molar-refractivity contribution >= 4 is 28.3 Å². The Balaban J connectivity index is 1.67. The number of nitrogens with zero attached hydrogens (tertiary/aromatic N) is 1. The van der Waals surface area contributed by atoms with Crippen molar-refractivity contribution in [3.8, 4) is 0 Å². The molecule has 2 amide bonds. The zero-order valence-corrected chi connectivity index (χ0v) is 11.7. The molecule has 3 aliphatic heterocycles. The minimum Gasteiger partial charge on any atom is -0.365 e. The molecule has 3 heterocycles. The molecular formula is C18H13NO3. The largest absolute Gasteiger partial charge is 0.365 e. The highest BCUT2D eigenvalue weighted by Crippen LogP contribution is 2.47. The second kappa shape index (κ2) is 4.05. The van der Waals surface area contributed by atoms with Gasteiger partial charge in [0.2, 0.25) is 11.8 Å². The maximum atomic E-state index is 12.8. The Morgan fingerprint density at radius 1 is 0.818 bits per heavy atom. The third-order valence-electron chi connectivity index (χ3n) is 4.92. The standard InChI is InChI=1S/C18H13NO3/c20-17-15-13-8-9-14(22-13)16(15)18(21)19(17)12-7-3-5-10-4-1-2-6-11(10)12/h1-9,13-16H/t13-,14-,15+,16+/m1/s1. The van der Waals surface area contributed by atoms with Gasteiger partial charge in [-0.05, 0) is 11.5 Å². The zero-order chi connectivity index (χ0) is 14.8. The van der Waals surface area contributed by atoms with Crippen molar-refractivity contribution in [2.24, 2.45) is 11.8 Å². The van der Waals surface area contributed by atoms with Crippen LogP contribution in [0.25, 0.3) is 10.8 Å². The van der Waals surface area contributed by atoms with Crippen molar-refractivity contribution in [3.05, 3.63) is 54.6 Å². The molecule has 0 saturated carbocycles. The summed E-state index contributed by atoms with van der Waals surface area (Å²) in [5.41, 5.74) is 0.682. The van der Waals surface area contributed by atoms with Crippen LogP contribution in [0, 0.1) is 11.8 Å². The van der Waals surface area contributed by atoms with Gasteiger partial charge in [-0.25, -0.2) is 4.90 Å². The molecule has 0 unspecified atom stereocenters. The van der Waals surface area contributed by atoms with Gasteiger partial charge >= 0.3 is 0 Å². The predicted octanol–water partition coefficient (Wildman–Crippen LogP) is 2.28. The van der Waals surface area contributed by atoms with E-state index in [0.717, 1.165) is 10.8 Å². The van der Waals surface area contributed by atoms with Gasteiger partial charge in [0.1, 0.15) is 0 Å². The Labute approximate surface area is 127 Å². The van der Waals surface area contributed by atoms with E-state index in [1.165, 1.54) is 4.90 Å². The van der Waals surface area contributed by atoms with E-state index in [1.807, 2.05) is 54.6 Å². The van der Waals surface area contributed by atoms with E-state index in [0.29, 0.717) is 5.69 Å². The van der Waals surface area contributed by atoms with Gasteiger partial charge in [0.25, 0.3) is 0 Å². The molecule has 3 aliphatic rings. The first-order chi connectivity index (χ1) is 10.8. The molecule has 2 fully saturated rings. The minimum absolute atomic E-state index is 0.136. The maximum absolute atomic E-state index is 12.8. The lowest BCUT2D eigenvalue weighted by Crippen LogP contribution is -2.34. The van der Waals surface area contributed by atoms with Crippen LogP contribution in [-0.4, -0.2) is 24.0 Å². The Hall–Kier alpha value is -2.46. The highest BCUT2D eigenvalue weighted by Gasteiger charge is 2.61. The third-order valence-corrected chi connectivity index (χ3v) is 4.92. The van der Waals surface area contributed by atoms with Crippen LogP contribution in [0.5, 0.6) is 0 Å². The third kappa shape index (κ3) is 1.35. The SMILES string of the molecule is O=C1[C@@H]2[C@@H](C(=O)N1c1cccc3ccccc13)[C@H]1C=C[C@H]2O1. The van der Waals surface area contributed by atoms with Crippen LogP contribution in [0.3, 0.4) is 0 Å². The predicted molar refractivity (Wildman–Crippen MR) is 81.2 cm³/mol. The zero-order valence-electron chi connectivity index (χ0n) is 11.7. The van der Waals surface area contributed by atoms with Crippen molar-refractivity contribution in [2.75, 3.05) is 4.90 Å². The summed E-state index contributed by atoms with van der Waals surface area (Å²) in [6.07, 6.45) is 3.32. The number of hydrogen-bond acceptors (Lipinski definition) is 3. The second-order valence-electron chi connectivity index (χ2n) is 6.01. The molecule has 5 rings (SSSR count). The topological polar surface area (TPSA) is 46.6 Å². The van der Waals surface area contributed by atoms with E-state index in [-0.39, 0.29) is 35.9 Å². The van der Waals surface area contributed by atoms with Crippen LogP contribution in [0.1, 0.15) is 0 Å². The number of fused-ring (bicyclic) bond motifs is 6. The van der Waals surface area contributed by atoms with Crippen LogP contribution >= 0.6 is 0 Å². The monoisotopic (exact) mass is 291 g/mol. The van der Waals surface area contributed by atoms with Crippen molar-refractivity contribution in [2.45, 2.75) is 12.2 Å². The highest BCUT2D eigenvalue weighted by molar-refractivity contribution is 6.25. The summed E-state index contributed by atoms with van der Waals surface area (Å²) < 4.78 is 5.67. The average Bonchev–Trinajstić information content (AvgIpc) is 3.21. The van der Waals surface area contributed by atoms with Crippen molar-refractivity contribution in [3.63, 3.8) is 0 Å². The molecule has 2 bridgehead atoms. The molecule has 0 spiro atoms. The highest BCUT2D eigenvalue weighted by atomic mass is 16.5. The Bertz CT molecular complexity index is 821. The summed E-state index contributed by atoms with van der Waals surface area (Å²) in [6, 6.07) is 13.5. The Morgan fingerprint density at radius 2 is 1.45 bits per heavy atom. The number of hydrogen-bond donors (Lipinski definition) is 0. The minimum atomic E-state index is -0.360. The summed E-state index contributed by atoms with van der Waals surface area (Å²) in [7, 11) is 0. The van der Waals surface area contributed by atoms with Crippen molar-refractivity contribution in [1.82, 2.24) is 0 Å². The smallest absolute Gasteiger partial charge is 0.240 e. The number of anilines is 1. The van der Waals surface area contributed by atoms with Gasteiger partial charge in [-0.2, -0.15) is 0 Å². The van der Waals surface area contributed by atoms with E-state index in [4.69, 9.17) is 4.74 Å². The molecule has 0 radical (unpaired) electrons. The molecule has 4 heteroatoms. The first-order valence-corrected chi connectivity index (χ1v) is 7.45. The number of carbonyl (C=O) groups is 2. The lowest BCUT2D eigenvalue weighted by atomic mass is 9.85. The summed E-state index contributed by atoms with van der Waals surface area (Å²) in [5, 5.41) is 1.95. The number of rotatable bonds is 1. The van der Waals surface area contributed by atoms with Crippen LogP contribution in [0.4, 0.5) is 5.69 Å². The number of ether oxygens (including phenoxy) is 1. The fourth-order valence-corrected chi connectivity index (χ4v) is 3.94. The molecule has 0 aliphatic carbocycles. The molecule has 108 valence electrons. The average molecular weight is 291 g/mol. The molecule has 2 aromatic rings. The fourth-order valence-electron chi connectivity index (χ4n) is 3.94. The van der Waals surface area contributed by atoms with Gasteiger partial charge in [-0.15, -0.1) is 0 Å². The second-order valence-corrected chi connectivity index (χ2v) is 6.01. The number of carbonyl (C=O) groups excluding carboxylic acids is 2. The Morgan fingerprint density at radius 3 is 2.18 bits per heavy atom. The van der Waals surface area contributed by atoms with E-state index in [9.17, 15) is 9.59 Å². The quantitative estimate of drug-likeness (QED) is 0.598. The van der Waals surface area contributed by atoms with Gasteiger partial charge in [-0.1, -0.05) is 48.6 Å². The molecule has 0 N–H and O–H groups in total.